The summed E-state index contributed by atoms with van der Waals surface area (Å²) in [6.07, 6.45) is 1.35. The minimum absolute atomic E-state index is 0.103. The van der Waals surface area contributed by atoms with Crippen molar-refractivity contribution in [1.82, 2.24) is 4.98 Å². The van der Waals surface area contributed by atoms with Crippen LogP contribution in [0, 0.1) is 0 Å². The van der Waals surface area contributed by atoms with E-state index in [2.05, 4.69) is 43.2 Å². The van der Waals surface area contributed by atoms with Crippen molar-refractivity contribution >= 4 is 22.7 Å². The second-order valence-electron chi connectivity index (χ2n) is 8.02. The maximum atomic E-state index is 12.2. The number of ether oxygens (including phenoxy) is 1. The second kappa shape index (κ2) is 6.82. The Morgan fingerprint density at radius 3 is 2.59 bits per heavy atom. The van der Waals surface area contributed by atoms with Crippen molar-refractivity contribution in [3.05, 3.63) is 48.0 Å². The molecule has 0 saturated carbocycles. The van der Waals surface area contributed by atoms with Gasteiger partial charge in [-0.1, -0.05) is 32.9 Å². The lowest BCUT2D eigenvalue weighted by atomic mass is 9.87. The van der Waals surface area contributed by atoms with E-state index in [0.717, 1.165) is 23.9 Å². The van der Waals surface area contributed by atoms with Gasteiger partial charge in [0, 0.05) is 17.9 Å². The standard InChI is InChI=1S/C22H24N2O3/c1-22(2,3)15-8-6-14(7-9-15)21-24-17-13-16(10-11-18(17)27-21)23-20(25)19-5-4-12-26-19/h6-11,13,19H,4-5,12H2,1-3H3,(H,23,25). The first-order chi connectivity index (χ1) is 12.9. The number of amides is 1. The zero-order chi connectivity index (χ0) is 19.0. The number of aromatic nitrogens is 1. The Bertz CT molecular complexity index is 961. The van der Waals surface area contributed by atoms with Gasteiger partial charge in [-0.05, 0) is 54.2 Å². The van der Waals surface area contributed by atoms with Crippen molar-refractivity contribution in [1.29, 1.82) is 0 Å². The summed E-state index contributed by atoms with van der Waals surface area (Å²) in [5, 5.41) is 2.90. The number of fused-ring (bicyclic) bond motifs is 1. The van der Waals surface area contributed by atoms with Crippen molar-refractivity contribution in [3.63, 3.8) is 0 Å². The predicted molar refractivity (Wildman–Crippen MR) is 106 cm³/mol. The number of hydrogen-bond acceptors (Lipinski definition) is 4. The molecular formula is C22H24N2O3. The van der Waals surface area contributed by atoms with E-state index in [-0.39, 0.29) is 17.4 Å². The molecule has 3 aromatic rings. The Kier molecular flexibility index (Phi) is 4.48. The third kappa shape index (κ3) is 3.74. The van der Waals surface area contributed by atoms with Gasteiger partial charge in [0.05, 0.1) is 0 Å². The zero-order valence-corrected chi connectivity index (χ0v) is 15.9. The number of anilines is 1. The highest BCUT2D eigenvalue weighted by Gasteiger charge is 2.23. The second-order valence-corrected chi connectivity index (χ2v) is 8.02. The molecule has 0 bridgehead atoms. The van der Waals surface area contributed by atoms with Crippen LogP contribution in [0.2, 0.25) is 0 Å². The molecule has 5 heteroatoms. The van der Waals surface area contributed by atoms with Crippen LogP contribution in [0.3, 0.4) is 0 Å². The van der Waals surface area contributed by atoms with Gasteiger partial charge < -0.3 is 14.5 Å². The van der Waals surface area contributed by atoms with Crippen LogP contribution in [-0.4, -0.2) is 23.6 Å². The van der Waals surface area contributed by atoms with Gasteiger partial charge in [-0.25, -0.2) is 4.98 Å². The highest BCUT2D eigenvalue weighted by atomic mass is 16.5. The first kappa shape index (κ1) is 17.7. The summed E-state index contributed by atoms with van der Waals surface area (Å²) in [6, 6.07) is 13.8. The van der Waals surface area contributed by atoms with Gasteiger partial charge in [-0.3, -0.25) is 4.79 Å². The predicted octanol–water partition coefficient (Wildman–Crippen LogP) is 4.91. The number of rotatable bonds is 3. The van der Waals surface area contributed by atoms with E-state index in [1.807, 2.05) is 30.3 Å². The van der Waals surface area contributed by atoms with Crippen LogP contribution in [-0.2, 0) is 14.9 Å². The van der Waals surface area contributed by atoms with Gasteiger partial charge in [0.1, 0.15) is 11.6 Å². The summed E-state index contributed by atoms with van der Waals surface area (Å²) in [5.74, 6) is 0.474. The van der Waals surface area contributed by atoms with Crippen molar-refractivity contribution < 1.29 is 13.9 Å². The number of carbonyl (C=O) groups excluding carboxylic acids is 1. The number of benzene rings is 2. The quantitative estimate of drug-likeness (QED) is 0.717. The van der Waals surface area contributed by atoms with Crippen LogP contribution in [0.4, 0.5) is 5.69 Å². The molecule has 1 aromatic heterocycles. The molecule has 5 nitrogen and oxygen atoms in total. The Morgan fingerprint density at radius 1 is 1.15 bits per heavy atom. The van der Waals surface area contributed by atoms with E-state index in [1.165, 1.54) is 5.56 Å². The fourth-order valence-electron chi connectivity index (χ4n) is 3.25. The fraction of sp³-hybridized carbons (Fsp3) is 0.364. The molecule has 1 amide bonds. The number of nitrogens with zero attached hydrogens (tertiary/aromatic N) is 1. The third-order valence-corrected chi connectivity index (χ3v) is 4.88. The average Bonchev–Trinajstić information content (AvgIpc) is 3.30. The Labute approximate surface area is 158 Å². The number of oxazole rings is 1. The molecule has 27 heavy (non-hydrogen) atoms. The summed E-state index contributed by atoms with van der Waals surface area (Å²) in [4.78, 5) is 16.8. The van der Waals surface area contributed by atoms with Gasteiger partial charge in [0.15, 0.2) is 5.58 Å². The van der Waals surface area contributed by atoms with Crippen LogP contribution in [0.1, 0.15) is 39.2 Å². The van der Waals surface area contributed by atoms with Crippen molar-refractivity contribution in [3.8, 4) is 11.5 Å². The number of hydrogen-bond donors (Lipinski definition) is 1. The number of carbonyl (C=O) groups is 1. The lowest BCUT2D eigenvalue weighted by Gasteiger charge is -2.18. The summed E-state index contributed by atoms with van der Waals surface area (Å²) < 4.78 is 11.3. The Balaban J connectivity index is 1.56. The smallest absolute Gasteiger partial charge is 0.253 e. The minimum atomic E-state index is -0.352. The summed E-state index contributed by atoms with van der Waals surface area (Å²) in [6.45, 7) is 7.22. The molecular weight excluding hydrogens is 340 g/mol. The zero-order valence-electron chi connectivity index (χ0n) is 15.9. The van der Waals surface area contributed by atoms with Crippen LogP contribution in [0.15, 0.2) is 46.9 Å². The minimum Gasteiger partial charge on any atom is -0.436 e. The van der Waals surface area contributed by atoms with E-state index in [1.54, 1.807) is 0 Å². The SMILES string of the molecule is CC(C)(C)c1ccc(-c2nc3cc(NC(=O)C4CCCO4)ccc3o2)cc1. The van der Waals surface area contributed by atoms with Crippen LogP contribution in [0.5, 0.6) is 0 Å². The van der Waals surface area contributed by atoms with Gasteiger partial charge in [0.2, 0.25) is 5.89 Å². The van der Waals surface area contributed by atoms with Crippen molar-refractivity contribution in [2.24, 2.45) is 0 Å². The van der Waals surface area contributed by atoms with Crippen LogP contribution >= 0.6 is 0 Å². The van der Waals surface area contributed by atoms with E-state index in [4.69, 9.17) is 9.15 Å². The average molecular weight is 364 g/mol. The molecule has 2 aromatic carbocycles. The molecule has 2 heterocycles. The van der Waals surface area contributed by atoms with Crippen LogP contribution < -0.4 is 5.32 Å². The molecule has 0 radical (unpaired) electrons. The fourth-order valence-corrected chi connectivity index (χ4v) is 3.25. The molecule has 1 atom stereocenters. The summed E-state index contributed by atoms with van der Waals surface area (Å²) in [5.41, 5.74) is 4.42. The Hall–Kier alpha value is -2.66. The van der Waals surface area contributed by atoms with Crippen molar-refractivity contribution in [2.45, 2.75) is 45.1 Å². The molecule has 1 unspecified atom stereocenters. The Morgan fingerprint density at radius 2 is 1.93 bits per heavy atom. The van der Waals surface area contributed by atoms with Crippen molar-refractivity contribution in [2.75, 3.05) is 11.9 Å². The van der Waals surface area contributed by atoms with E-state index in [9.17, 15) is 4.79 Å². The molecule has 1 aliphatic rings. The van der Waals surface area contributed by atoms with Gasteiger partial charge in [-0.2, -0.15) is 0 Å². The first-order valence-electron chi connectivity index (χ1n) is 9.34. The highest BCUT2D eigenvalue weighted by Crippen LogP contribution is 2.29. The molecule has 0 aliphatic carbocycles. The largest absolute Gasteiger partial charge is 0.436 e. The third-order valence-electron chi connectivity index (χ3n) is 4.88. The topological polar surface area (TPSA) is 64.4 Å². The number of nitrogens with one attached hydrogen (secondary N) is 1. The summed E-state index contributed by atoms with van der Waals surface area (Å²) in [7, 11) is 0. The maximum absolute atomic E-state index is 12.2. The molecule has 140 valence electrons. The molecule has 1 N–H and O–H groups in total. The lowest BCUT2D eigenvalue weighted by molar-refractivity contribution is -0.124. The highest BCUT2D eigenvalue weighted by molar-refractivity contribution is 5.96. The monoisotopic (exact) mass is 364 g/mol. The lowest BCUT2D eigenvalue weighted by Crippen LogP contribution is -2.26. The van der Waals surface area contributed by atoms with Gasteiger partial charge in [0.25, 0.3) is 5.91 Å². The molecule has 0 spiro atoms. The molecule has 4 rings (SSSR count). The van der Waals surface area contributed by atoms with E-state index >= 15 is 0 Å². The summed E-state index contributed by atoms with van der Waals surface area (Å²) >= 11 is 0. The van der Waals surface area contributed by atoms with Gasteiger partial charge >= 0.3 is 0 Å². The van der Waals surface area contributed by atoms with Crippen LogP contribution in [0.25, 0.3) is 22.6 Å². The van der Waals surface area contributed by atoms with Gasteiger partial charge in [-0.15, -0.1) is 0 Å². The van der Waals surface area contributed by atoms with E-state index in [0.29, 0.717) is 23.8 Å². The molecule has 1 fully saturated rings. The maximum Gasteiger partial charge on any atom is 0.253 e. The van der Waals surface area contributed by atoms with E-state index < -0.39 is 0 Å². The first-order valence-corrected chi connectivity index (χ1v) is 9.34. The molecule has 1 aliphatic heterocycles. The normalized spacial score (nSPS) is 17.4. The molecule has 1 saturated heterocycles.